The Morgan fingerprint density at radius 2 is 1.95 bits per heavy atom. The second kappa shape index (κ2) is 7.04. The van der Waals surface area contributed by atoms with E-state index in [-0.39, 0.29) is 18.7 Å². The summed E-state index contributed by atoms with van der Waals surface area (Å²) in [4.78, 5) is 11.9. The van der Waals surface area contributed by atoms with Crippen LogP contribution in [0, 0.1) is 5.92 Å². The minimum atomic E-state index is -3.37. The van der Waals surface area contributed by atoms with Gasteiger partial charge in [-0.25, -0.2) is 4.79 Å². The zero-order chi connectivity index (χ0) is 15.3. The molecule has 0 saturated heterocycles. The molecule has 0 spiro atoms. The van der Waals surface area contributed by atoms with Gasteiger partial charge < -0.3 is 4.74 Å². The first kappa shape index (κ1) is 16.0. The first-order valence-electron chi connectivity index (χ1n) is 7.04. The van der Waals surface area contributed by atoms with Gasteiger partial charge >= 0.3 is 5.97 Å². The minimum absolute atomic E-state index is 0.0825. The molecule has 1 aliphatic rings. The number of carbonyl (C=O) groups is 1. The zero-order valence-electron chi connectivity index (χ0n) is 12.0. The van der Waals surface area contributed by atoms with E-state index in [1.54, 1.807) is 24.3 Å². The van der Waals surface area contributed by atoms with Crippen LogP contribution in [0.5, 0.6) is 0 Å². The highest BCUT2D eigenvalue weighted by molar-refractivity contribution is 7.85. The van der Waals surface area contributed by atoms with E-state index in [9.17, 15) is 13.2 Å². The normalized spacial score (nSPS) is 22.1. The van der Waals surface area contributed by atoms with E-state index in [0.29, 0.717) is 17.9 Å². The molecule has 2 atom stereocenters. The van der Waals surface area contributed by atoms with Crippen LogP contribution >= 0.6 is 0 Å². The van der Waals surface area contributed by atoms with E-state index in [4.69, 9.17) is 8.92 Å². The minimum Gasteiger partial charge on any atom is -0.459 e. The molecular formula is C15H20O5S. The van der Waals surface area contributed by atoms with Gasteiger partial charge in [-0.05, 0) is 43.7 Å². The highest BCUT2D eigenvalue weighted by atomic mass is 32.2. The summed E-state index contributed by atoms with van der Waals surface area (Å²) in [6.45, 7) is 0.197. The number of rotatable bonds is 6. The third-order valence-corrected chi connectivity index (χ3v) is 4.19. The van der Waals surface area contributed by atoms with Gasteiger partial charge in [-0.3, -0.25) is 4.18 Å². The van der Waals surface area contributed by atoms with Crippen molar-refractivity contribution >= 4 is 16.1 Å². The Morgan fingerprint density at radius 1 is 1.24 bits per heavy atom. The molecule has 1 fully saturated rings. The number of hydrogen-bond donors (Lipinski definition) is 0. The maximum atomic E-state index is 11.9. The fourth-order valence-corrected chi connectivity index (χ4v) is 2.96. The van der Waals surface area contributed by atoms with Gasteiger partial charge in [0.05, 0.1) is 18.4 Å². The fourth-order valence-electron chi connectivity index (χ4n) is 2.56. The average Bonchev–Trinajstić information content (AvgIpc) is 2.86. The van der Waals surface area contributed by atoms with Crippen molar-refractivity contribution in [3.8, 4) is 0 Å². The first-order chi connectivity index (χ1) is 9.94. The topological polar surface area (TPSA) is 69.7 Å². The lowest BCUT2D eigenvalue weighted by molar-refractivity contribution is 0.0307. The molecule has 0 aliphatic heterocycles. The molecule has 1 aromatic rings. The molecule has 1 aromatic carbocycles. The van der Waals surface area contributed by atoms with Crippen molar-refractivity contribution in [2.45, 2.75) is 31.8 Å². The summed E-state index contributed by atoms with van der Waals surface area (Å²) in [5.74, 6) is 0.0500. The SMILES string of the molecule is CS(=O)(=O)OCC[C@@H]1CC[C@@H](OC(=O)c2ccccc2)C1. The molecule has 6 heteroatoms. The maximum Gasteiger partial charge on any atom is 0.338 e. The van der Waals surface area contributed by atoms with Crippen molar-refractivity contribution in [3.63, 3.8) is 0 Å². The monoisotopic (exact) mass is 312 g/mol. The summed E-state index contributed by atoms with van der Waals surface area (Å²) in [6, 6.07) is 8.92. The predicted molar refractivity (Wildman–Crippen MR) is 78.4 cm³/mol. The molecule has 1 aliphatic carbocycles. The predicted octanol–water partition coefficient (Wildman–Crippen LogP) is 2.38. The van der Waals surface area contributed by atoms with Crippen LogP contribution < -0.4 is 0 Å². The third-order valence-electron chi connectivity index (χ3n) is 3.60. The van der Waals surface area contributed by atoms with E-state index >= 15 is 0 Å². The molecule has 0 unspecified atom stereocenters. The van der Waals surface area contributed by atoms with Gasteiger partial charge in [0, 0.05) is 0 Å². The molecular weight excluding hydrogens is 292 g/mol. The molecule has 1 saturated carbocycles. The van der Waals surface area contributed by atoms with Gasteiger partial charge in [0.25, 0.3) is 10.1 Å². The maximum absolute atomic E-state index is 11.9. The van der Waals surface area contributed by atoms with Gasteiger partial charge in [0.2, 0.25) is 0 Å². The van der Waals surface area contributed by atoms with Crippen LogP contribution in [0.1, 0.15) is 36.0 Å². The molecule has 2 rings (SSSR count). The Bertz CT molecular complexity index is 567. The van der Waals surface area contributed by atoms with Gasteiger partial charge in [-0.2, -0.15) is 8.42 Å². The summed E-state index contributed by atoms with van der Waals surface area (Å²) < 4.78 is 32.0. The zero-order valence-corrected chi connectivity index (χ0v) is 12.8. The second-order valence-electron chi connectivity index (χ2n) is 5.39. The quantitative estimate of drug-likeness (QED) is 0.596. The summed E-state index contributed by atoms with van der Waals surface area (Å²) in [5.41, 5.74) is 0.557. The van der Waals surface area contributed by atoms with Crippen molar-refractivity contribution in [2.75, 3.05) is 12.9 Å². The van der Waals surface area contributed by atoms with Gasteiger partial charge in [-0.15, -0.1) is 0 Å². The van der Waals surface area contributed by atoms with Crippen molar-refractivity contribution in [3.05, 3.63) is 35.9 Å². The number of ether oxygens (including phenoxy) is 1. The second-order valence-corrected chi connectivity index (χ2v) is 7.03. The van der Waals surface area contributed by atoms with Crippen LogP contribution in [0.25, 0.3) is 0 Å². The van der Waals surface area contributed by atoms with Crippen LogP contribution in [0.15, 0.2) is 30.3 Å². The van der Waals surface area contributed by atoms with Crippen LogP contribution in [0.3, 0.4) is 0 Å². The van der Waals surface area contributed by atoms with E-state index in [0.717, 1.165) is 25.5 Å². The van der Waals surface area contributed by atoms with Crippen molar-refractivity contribution < 1.29 is 22.1 Å². The van der Waals surface area contributed by atoms with E-state index in [2.05, 4.69) is 0 Å². The van der Waals surface area contributed by atoms with Crippen LogP contribution in [-0.4, -0.2) is 33.4 Å². The lowest BCUT2D eigenvalue weighted by atomic mass is 10.1. The molecule has 0 amide bonds. The lowest BCUT2D eigenvalue weighted by Gasteiger charge is -2.13. The fraction of sp³-hybridized carbons (Fsp3) is 0.533. The number of esters is 1. The number of carbonyl (C=O) groups excluding carboxylic acids is 1. The van der Waals surface area contributed by atoms with Crippen molar-refractivity contribution in [1.29, 1.82) is 0 Å². The van der Waals surface area contributed by atoms with Gasteiger partial charge in [0.1, 0.15) is 6.10 Å². The van der Waals surface area contributed by atoms with Gasteiger partial charge in [0.15, 0.2) is 0 Å². The highest BCUT2D eigenvalue weighted by Crippen LogP contribution is 2.30. The lowest BCUT2D eigenvalue weighted by Crippen LogP contribution is -2.15. The van der Waals surface area contributed by atoms with Crippen molar-refractivity contribution in [1.82, 2.24) is 0 Å². The first-order valence-corrected chi connectivity index (χ1v) is 8.86. The molecule has 0 aromatic heterocycles. The van der Waals surface area contributed by atoms with Crippen LogP contribution in [0.2, 0.25) is 0 Å². The largest absolute Gasteiger partial charge is 0.459 e. The molecule has 5 nitrogen and oxygen atoms in total. The highest BCUT2D eigenvalue weighted by Gasteiger charge is 2.27. The summed E-state index contributed by atoms with van der Waals surface area (Å²) in [6.07, 6.45) is 4.16. The molecule has 116 valence electrons. The van der Waals surface area contributed by atoms with E-state index < -0.39 is 10.1 Å². The van der Waals surface area contributed by atoms with Crippen molar-refractivity contribution in [2.24, 2.45) is 5.92 Å². The van der Waals surface area contributed by atoms with Crippen LogP contribution in [-0.2, 0) is 19.0 Å². The average molecular weight is 312 g/mol. The number of hydrogen-bond acceptors (Lipinski definition) is 5. The van der Waals surface area contributed by atoms with Crippen LogP contribution in [0.4, 0.5) is 0 Å². The third kappa shape index (κ3) is 5.47. The summed E-state index contributed by atoms with van der Waals surface area (Å²) in [5, 5.41) is 0. The Labute approximate surface area is 125 Å². The molecule has 21 heavy (non-hydrogen) atoms. The molecule has 0 heterocycles. The Morgan fingerprint density at radius 3 is 2.62 bits per heavy atom. The smallest absolute Gasteiger partial charge is 0.338 e. The summed E-state index contributed by atoms with van der Waals surface area (Å²) >= 11 is 0. The molecule has 0 radical (unpaired) electrons. The van der Waals surface area contributed by atoms with E-state index in [1.807, 2.05) is 6.07 Å². The van der Waals surface area contributed by atoms with E-state index in [1.165, 1.54) is 0 Å². The molecule has 0 bridgehead atoms. The Balaban J connectivity index is 1.74. The Kier molecular flexibility index (Phi) is 5.36. The number of benzene rings is 1. The van der Waals surface area contributed by atoms with Gasteiger partial charge in [-0.1, -0.05) is 18.2 Å². The standard InChI is InChI=1S/C15H20O5S/c1-21(17,18)19-10-9-12-7-8-14(11-12)20-15(16)13-5-3-2-4-6-13/h2-6,12,14H,7-11H2,1H3/t12-,14+/m0/s1. The molecule has 0 N–H and O–H groups in total. The summed E-state index contributed by atoms with van der Waals surface area (Å²) in [7, 11) is -3.37. The Hall–Kier alpha value is -1.40.